The summed E-state index contributed by atoms with van der Waals surface area (Å²) < 4.78 is 0. The molecule has 0 heterocycles. The van der Waals surface area contributed by atoms with Gasteiger partial charge in [0.05, 0.1) is 5.66 Å². The fourth-order valence-electron chi connectivity index (χ4n) is 3.75. The molecule has 0 aromatic heterocycles. The lowest BCUT2D eigenvalue weighted by Gasteiger charge is -2.53. The highest BCUT2D eigenvalue weighted by molar-refractivity contribution is 5.02. The van der Waals surface area contributed by atoms with Gasteiger partial charge in [-0.05, 0) is 31.6 Å². The van der Waals surface area contributed by atoms with Crippen LogP contribution >= 0.6 is 0 Å². The second kappa shape index (κ2) is 4.06. The van der Waals surface area contributed by atoms with E-state index in [1.807, 2.05) is 0 Å². The van der Waals surface area contributed by atoms with Gasteiger partial charge in [0.15, 0.2) is 0 Å². The molecule has 0 radical (unpaired) electrons. The van der Waals surface area contributed by atoms with Gasteiger partial charge in [-0.1, -0.05) is 39.0 Å². The SMILES string of the molecule is CC1(C2CCCCC2)CCCCC1(N)N. The minimum atomic E-state index is -0.409. The van der Waals surface area contributed by atoms with Gasteiger partial charge in [0.25, 0.3) is 0 Å². The molecular formula is C13H26N2. The van der Waals surface area contributed by atoms with Gasteiger partial charge in [-0.25, -0.2) is 0 Å². The van der Waals surface area contributed by atoms with E-state index in [4.69, 9.17) is 11.5 Å². The molecular weight excluding hydrogens is 184 g/mol. The number of hydrogen-bond acceptors (Lipinski definition) is 2. The van der Waals surface area contributed by atoms with E-state index in [0.717, 1.165) is 12.3 Å². The zero-order chi connectivity index (χ0) is 10.9. The van der Waals surface area contributed by atoms with Crippen LogP contribution in [0.3, 0.4) is 0 Å². The van der Waals surface area contributed by atoms with Crippen molar-refractivity contribution >= 4 is 0 Å². The van der Waals surface area contributed by atoms with Crippen LogP contribution in [-0.2, 0) is 0 Å². The highest BCUT2D eigenvalue weighted by Crippen LogP contribution is 2.50. The van der Waals surface area contributed by atoms with Crippen LogP contribution in [0, 0.1) is 11.3 Å². The number of rotatable bonds is 1. The molecule has 0 amide bonds. The summed E-state index contributed by atoms with van der Waals surface area (Å²) in [6.07, 6.45) is 11.7. The maximum Gasteiger partial charge on any atom is 0.0694 e. The third-order valence-electron chi connectivity index (χ3n) is 5.11. The van der Waals surface area contributed by atoms with Gasteiger partial charge in [-0.3, -0.25) is 0 Å². The van der Waals surface area contributed by atoms with Gasteiger partial charge >= 0.3 is 0 Å². The first-order chi connectivity index (χ1) is 7.06. The van der Waals surface area contributed by atoms with E-state index in [9.17, 15) is 0 Å². The Bertz CT molecular complexity index is 219. The van der Waals surface area contributed by atoms with Gasteiger partial charge in [0, 0.05) is 5.41 Å². The summed E-state index contributed by atoms with van der Waals surface area (Å²) in [5, 5.41) is 0. The molecule has 88 valence electrons. The molecule has 2 rings (SSSR count). The average Bonchev–Trinajstić information content (AvgIpc) is 2.24. The fourth-order valence-corrected chi connectivity index (χ4v) is 3.75. The fraction of sp³-hybridized carbons (Fsp3) is 1.00. The van der Waals surface area contributed by atoms with Gasteiger partial charge in [0.2, 0.25) is 0 Å². The Morgan fingerprint density at radius 3 is 2.07 bits per heavy atom. The Kier molecular flexibility index (Phi) is 3.09. The van der Waals surface area contributed by atoms with Crippen LogP contribution in [0.15, 0.2) is 0 Å². The Hall–Kier alpha value is -0.0800. The lowest BCUT2D eigenvalue weighted by atomic mass is 9.58. The zero-order valence-corrected chi connectivity index (χ0v) is 10.1. The van der Waals surface area contributed by atoms with Gasteiger partial charge in [0.1, 0.15) is 0 Å². The van der Waals surface area contributed by atoms with Crippen molar-refractivity contribution in [2.75, 3.05) is 0 Å². The average molecular weight is 210 g/mol. The van der Waals surface area contributed by atoms with Crippen LogP contribution in [0.1, 0.15) is 64.7 Å². The summed E-state index contributed by atoms with van der Waals surface area (Å²) in [6, 6.07) is 0. The summed E-state index contributed by atoms with van der Waals surface area (Å²) in [5.41, 5.74) is 12.5. The van der Waals surface area contributed by atoms with Crippen LogP contribution in [0.2, 0.25) is 0 Å². The van der Waals surface area contributed by atoms with Crippen molar-refractivity contribution in [3.05, 3.63) is 0 Å². The monoisotopic (exact) mass is 210 g/mol. The van der Waals surface area contributed by atoms with E-state index in [1.54, 1.807) is 0 Å². The second-order valence-corrected chi connectivity index (χ2v) is 6.00. The first kappa shape index (κ1) is 11.4. The maximum atomic E-state index is 6.36. The minimum absolute atomic E-state index is 0.200. The molecule has 0 bridgehead atoms. The first-order valence-corrected chi connectivity index (χ1v) is 6.64. The lowest BCUT2D eigenvalue weighted by Crippen LogP contribution is -2.65. The molecule has 2 aliphatic rings. The highest BCUT2D eigenvalue weighted by Gasteiger charge is 2.48. The molecule has 2 nitrogen and oxygen atoms in total. The lowest BCUT2D eigenvalue weighted by molar-refractivity contribution is 0.00269. The predicted octanol–water partition coefficient (Wildman–Crippen LogP) is 2.76. The van der Waals surface area contributed by atoms with Crippen molar-refractivity contribution in [3.63, 3.8) is 0 Å². The van der Waals surface area contributed by atoms with E-state index in [1.165, 1.54) is 51.4 Å². The predicted molar refractivity (Wildman–Crippen MR) is 64.3 cm³/mol. The molecule has 0 aliphatic heterocycles. The van der Waals surface area contributed by atoms with Gasteiger partial charge < -0.3 is 11.5 Å². The largest absolute Gasteiger partial charge is 0.313 e. The summed E-state index contributed by atoms with van der Waals surface area (Å²) >= 11 is 0. The Balaban J connectivity index is 2.14. The quantitative estimate of drug-likeness (QED) is 0.654. The van der Waals surface area contributed by atoms with E-state index in [2.05, 4.69) is 6.92 Å². The summed E-state index contributed by atoms with van der Waals surface area (Å²) in [5.74, 6) is 0.779. The van der Waals surface area contributed by atoms with Crippen molar-refractivity contribution in [1.29, 1.82) is 0 Å². The van der Waals surface area contributed by atoms with Crippen LogP contribution in [0.4, 0.5) is 0 Å². The van der Waals surface area contributed by atoms with Gasteiger partial charge in [-0.2, -0.15) is 0 Å². The van der Waals surface area contributed by atoms with Crippen LogP contribution in [-0.4, -0.2) is 5.66 Å². The molecule has 2 aliphatic carbocycles. The second-order valence-electron chi connectivity index (χ2n) is 6.00. The first-order valence-electron chi connectivity index (χ1n) is 6.64. The molecule has 4 N–H and O–H groups in total. The van der Waals surface area contributed by atoms with Crippen molar-refractivity contribution < 1.29 is 0 Å². The van der Waals surface area contributed by atoms with E-state index in [-0.39, 0.29) is 5.41 Å². The normalized spacial score (nSPS) is 37.8. The van der Waals surface area contributed by atoms with Crippen molar-refractivity contribution in [1.82, 2.24) is 0 Å². The van der Waals surface area contributed by atoms with Gasteiger partial charge in [-0.15, -0.1) is 0 Å². The summed E-state index contributed by atoms with van der Waals surface area (Å²) in [6.45, 7) is 2.35. The van der Waals surface area contributed by atoms with Crippen molar-refractivity contribution in [2.45, 2.75) is 70.4 Å². The minimum Gasteiger partial charge on any atom is -0.313 e. The van der Waals surface area contributed by atoms with E-state index >= 15 is 0 Å². The third-order valence-corrected chi connectivity index (χ3v) is 5.11. The molecule has 1 unspecified atom stereocenters. The molecule has 2 saturated carbocycles. The third kappa shape index (κ3) is 1.94. The molecule has 0 aromatic rings. The Morgan fingerprint density at radius 2 is 1.47 bits per heavy atom. The van der Waals surface area contributed by atoms with Crippen molar-refractivity contribution in [2.24, 2.45) is 22.8 Å². The van der Waals surface area contributed by atoms with E-state index in [0.29, 0.717) is 0 Å². The molecule has 2 heteroatoms. The van der Waals surface area contributed by atoms with Crippen LogP contribution in [0.5, 0.6) is 0 Å². The summed E-state index contributed by atoms with van der Waals surface area (Å²) in [7, 11) is 0. The Morgan fingerprint density at radius 1 is 0.867 bits per heavy atom. The standard InChI is InChI=1S/C13H26N2/c1-12(11-7-3-2-4-8-11)9-5-6-10-13(12,14)15/h11H,2-10,14-15H2,1H3. The van der Waals surface area contributed by atoms with Crippen LogP contribution in [0.25, 0.3) is 0 Å². The molecule has 0 aromatic carbocycles. The highest BCUT2D eigenvalue weighted by atomic mass is 15.0. The van der Waals surface area contributed by atoms with Crippen LogP contribution < -0.4 is 11.5 Å². The molecule has 0 spiro atoms. The molecule has 15 heavy (non-hydrogen) atoms. The smallest absolute Gasteiger partial charge is 0.0694 e. The molecule has 1 atom stereocenters. The number of nitrogens with two attached hydrogens (primary N) is 2. The Labute approximate surface area is 93.8 Å². The molecule has 2 fully saturated rings. The maximum absolute atomic E-state index is 6.36. The summed E-state index contributed by atoms with van der Waals surface area (Å²) in [4.78, 5) is 0. The van der Waals surface area contributed by atoms with E-state index < -0.39 is 5.66 Å². The zero-order valence-electron chi connectivity index (χ0n) is 10.1. The molecule has 0 saturated heterocycles. The van der Waals surface area contributed by atoms with Crippen molar-refractivity contribution in [3.8, 4) is 0 Å². The number of hydrogen-bond donors (Lipinski definition) is 2. The topological polar surface area (TPSA) is 52.0 Å².